The fourth-order valence-electron chi connectivity index (χ4n) is 0.650. The van der Waals surface area contributed by atoms with Crippen molar-refractivity contribution in [1.29, 1.82) is 0 Å². The van der Waals surface area contributed by atoms with E-state index in [-0.39, 0.29) is 6.04 Å². The highest BCUT2D eigenvalue weighted by molar-refractivity contribution is 4.98. The third-order valence-corrected chi connectivity index (χ3v) is 1.45. The first-order chi connectivity index (χ1) is 5.55. The van der Waals surface area contributed by atoms with E-state index in [0.29, 0.717) is 6.42 Å². The number of aliphatic hydroxyl groups is 1. The van der Waals surface area contributed by atoms with Crippen LogP contribution in [0.25, 0.3) is 0 Å². The molecule has 0 aromatic carbocycles. The highest BCUT2D eigenvalue weighted by atomic mass is 19.3. The molecular weight excluding hydrogens is 164 g/mol. The lowest BCUT2D eigenvalue weighted by atomic mass is 10.2. The summed E-state index contributed by atoms with van der Waals surface area (Å²) in [5.41, 5.74) is 0. The highest BCUT2D eigenvalue weighted by Crippen LogP contribution is 2.10. The van der Waals surface area contributed by atoms with Gasteiger partial charge in [0.2, 0.25) is 0 Å². The summed E-state index contributed by atoms with van der Waals surface area (Å²) >= 11 is 0. The van der Waals surface area contributed by atoms with Gasteiger partial charge in [-0.25, -0.2) is 8.78 Å². The third-order valence-electron chi connectivity index (χ3n) is 1.45. The number of alkyl halides is 2. The van der Waals surface area contributed by atoms with Crippen molar-refractivity contribution in [2.24, 2.45) is 0 Å². The van der Waals surface area contributed by atoms with E-state index in [2.05, 4.69) is 11.2 Å². The lowest BCUT2D eigenvalue weighted by Gasteiger charge is -2.16. The standard InChI is InChI=1S/C8H13F2NO/c1-3-7(4-2)11-5-8(9,10)6-12/h1,7,11-12H,4-6H2,2H3. The molecule has 0 spiro atoms. The fourth-order valence-corrected chi connectivity index (χ4v) is 0.650. The molecule has 0 aromatic heterocycles. The van der Waals surface area contributed by atoms with Crippen LogP contribution in [0.15, 0.2) is 0 Å². The van der Waals surface area contributed by atoms with Crippen LogP contribution in [0, 0.1) is 12.3 Å². The maximum atomic E-state index is 12.4. The Bertz CT molecular complexity index is 165. The van der Waals surface area contributed by atoms with Crippen LogP contribution in [-0.4, -0.2) is 30.2 Å². The first-order valence-electron chi connectivity index (χ1n) is 3.74. The minimum atomic E-state index is -3.08. The van der Waals surface area contributed by atoms with Gasteiger partial charge in [-0.1, -0.05) is 12.8 Å². The molecule has 0 aromatic rings. The summed E-state index contributed by atoms with van der Waals surface area (Å²) in [6.07, 6.45) is 5.63. The quantitative estimate of drug-likeness (QED) is 0.603. The van der Waals surface area contributed by atoms with Gasteiger partial charge in [0.15, 0.2) is 0 Å². The molecule has 0 amide bonds. The number of hydrogen-bond acceptors (Lipinski definition) is 2. The van der Waals surface area contributed by atoms with Gasteiger partial charge in [0.25, 0.3) is 5.92 Å². The Kier molecular flexibility index (Phi) is 4.79. The molecule has 1 unspecified atom stereocenters. The Morgan fingerprint density at radius 1 is 1.67 bits per heavy atom. The van der Waals surface area contributed by atoms with Crippen LogP contribution >= 0.6 is 0 Å². The Morgan fingerprint density at radius 3 is 2.58 bits per heavy atom. The molecule has 0 rings (SSSR count). The van der Waals surface area contributed by atoms with E-state index in [1.165, 1.54) is 0 Å². The molecule has 12 heavy (non-hydrogen) atoms. The molecule has 0 fully saturated rings. The molecule has 0 saturated carbocycles. The van der Waals surface area contributed by atoms with E-state index in [9.17, 15) is 8.78 Å². The van der Waals surface area contributed by atoms with Crippen molar-refractivity contribution in [3.05, 3.63) is 0 Å². The molecule has 0 bridgehead atoms. The van der Waals surface area contributed by atoms with Crippen molar-refractivity contribution in [1.82, 2.24) is 5.32 Å². The van der Waals surface area contributed by atoms with Crippen LogP contribution in [0.5, 0.6) is 0 Å². The van der Waals surface area contributed by atoms with Gasteiger partial charge in [0.1, 0.15) is 6.61 Å². The second kappa shape index (κ2) is 5.07. The maximum absolute atomic E-state index is 12.4. The van der Waals surface area contributed by atoms with E-state index in [1.807, 2.05) is 0 Å². The monoisotopic (exact) mass is 177 g/mol. The summed E-state index contributed by atoms with van der Waals surface area (Å²) in [4.78, 5) is 0. The molecule has 4 heteroatoms. The number of nitrogens with one attached hydrogen (secondary N) is 1. The normalized spacial score (nSPS) is 13.9. The minimum absolute atomic E-state index is 0.345. The zero-order valence-electron chi connectivity index (χ0n) is 6.98. The highest BCUT2D eigenvalue weighted by Gasteiger charge is 2.27. The molecular formula is C8H13F2NO. The molecule has 0 radical (unpaired) electrons. The first kappa shape index (κ1) is 11.3. The average molecular weight is 177 g/mol. The molecule has 0 aliphatic heterocycles. The average Bonchev–Trinajstić information content (AvgIpc) is 2.06. The molecule has 0 heterocycles. The molecule has 1 atom stereocenters. The van der Waals surface area contributed by atoms with Crippen molar-refractivity contribution < 1.29 is 13.9 Å². The predicted molar refractivity (Wildman–Crippen MR) is 42.9 cm³/mol. The fraction of sp³-hybridized carbons (Fsp3) is 0.750. The van der Waals surface area contributed by atoms with E-state index in [1.54, 1.807) is 6.92 Å². The summed E-state index contributed by atoms with van der Waals surface area (Å²) in [6.45, 7) is 0.0713. The topological polar surface area (TPSA) is 32.3 Å². The Labute approximate surface area is 71.0 Å². The van der Waals surface area contributed by atoms with E-state index in [0.717, 1.165) is 0 Å². The minimum Gasteiger partial charge on any atom is -0.390 e. The molecule has 0 aliphatic carbocycles. The van der Waals surface area contributed by atoms with Crippen molar-refractivity contribution in [3.8, 4) is 12.3 Å². The maximum Gasteiger partial charge on any atom is 0.282 e. The smallest absolute Gasteiger partial charge is 0.282 e. The zero-order chi connectivity index (χ0) is 9.61. The summed E-state index contributed by atoms with van der Waals surface area (Å²) in [7, 11) is 0. The van der Waals surface area contributed by atoms with Crippen LogP contribution in [0.3, 0.4) is 0 Å². The SMILES string of the molecule is C#CC(CC)NCC(F)(F)CO. The van der Waals surface area contributed by atoms with Crippen LogP contribution in [0.2, 0.25) is 0 Å². The Hall–Kier alpha value is -0.660. The molecule has 70 valence electrons. The number of aliphatic hydroxyl groups excluding tert-OH is 1. The lowest BCUT2D eigenvalue weighted by molar-refractivity contribution is -0.0484. The molecule has 2 nitrogen and oxygen atoms in total. The lowest BCUT2D eigenvalue weighted by Crippen LogP contribution is -2.40. The van der Waals surface area contributed by atoms with Gasteiger partial charge in [-0.2, -0.15) is 0 Å². The summed E-state index contributed by atoms with van der Waals surface area (Å²) in [6, 6.07) is -0.345. The number of terminal acetylenes is 1. The van der Waals surface area contributed by atoms with Gasteiger partial charge in [0, 0.05) is 0 Å². The van der Waals surface area contributed by atoms with E-state index in [4.69, 9.17) is 11.5 Å². The summed E-state index contributed by atoms with van der Waals surface area (Å²) in [5.74, 6) is -0.757. The van der Waals surface area contributed by atoms with Gasteiger partial charge in [0.05, 0.1) is 12.6 Å². The second-order valence-electron chi connectivity index (χ2n) is 2.52. The number of rotatable bonds is 5. The van der Waals surface area contributed by atoms with Crippen molar-refractivity contribution in [2.45, 2.75) is 25.3 Å². The van der Waals surface area contributed by atoms with Crippen molar-refractivity contribution in [2.75, 3.05) is 13.2 Å². The second-order valence-corrected chi connectivity index (χ2v) is 2.52. The van der Waals surface area contributed by atoms with Crippen LogP contribution in [0.1, 0.15) is 13.3 Å². The van der Waals surface area contributed by atoms with Gasteiger partial charge in [-0.3, -0.25) is 5.32 Å². The predicted octanol–water partition coefficient (Wildman–Crippen LogP) is 0.615. The molecule has 0 saturated heterocycles. The molecule has 0 aliphatic rings. The molecule has 2 N–H and O–H groups in total. The Morgan fingerprint density at radius 2 is 2.25 bits per heavy atom. The van der Waals surface area contributed by atoms with Gasteiger partial charge in [-0.05, 0) is 6.42 Å². The van der Waals surface area contributed by atoms with Gasteiger partial charge in [-0.15, -0.1) is 6.42 Å². The van der Waals surface area contributed by atoms with Crippen molar-refractivity contribution >= 4 is 0 Å². The van der Waals surface area contributed by atoms with Crippen LogP contribution in [0.4, 0.5) is 8.78 Å². The first-order valence-corrected chi connectivity index (χ1v) is 3.74. The number of halogens is 2. The third kappa shape index (κ3) is 4.27. The van der Waals surface area contributed by atoms with Crippen LogP contribution in [-0.2, 0) is 0 Å². The largest absolute Gasteiger partial charge is 0.390 e. The van der Waals surface area contributed by atoms with Crippen LogP contribution < -0.4 is 5.32 Å². The summed E-state index contributed by atoms with van der Waals surface area (Å²) in [5, 5.41) is 10.7. The van der Waals surface area contributed by atoms with E-state index >= 15 is 0 Å². The Balaban J connectivity index is 3.75. The summed E-state index contributed by atoms with van der Waals surface area (Å²) < 4.78 is 24.8. The van der Waals surface area contributed by atoms with E-state index < -0.39 is 19.1 Å². The van der Waals surface area contributed by atoms with Gasteiger partial charge < -0.3 is 5.11 Å². The number of hydrogen-bond donors (Lipinski definition) is 2. The van der Waals surface area contributed by atoms with Crippen molar-refractivity contribution in [3.63, 3.8) is 0 Å². The zero-order valence-corrected chi connectivity index (χ0v) is 6.98. The van der Waals surface area contributed by atoms with Gasteiger partial charge >= 0.3 is 0 Å².